The summed E-state index contributed by atoms with van der Waals surface area (Å²) in [5.74, 6) is -0.239. The van der Waals surface area contributed by atoms with Gasteiger partial charge in [-0.2, -0.15) is 0 Å². The molecule has 0 aromatic heterocycles. The molecule has 8 heteroatoms. The molecule has 1 aliphatic heterocycles. The lowest BCUT2D eigenvalue weighted by atomic mass is 10.1. The standard InChI is InChI=1S/C19H27N3O4S/c1-19(2,3)26-18(25)20-12-6-5-7-15-16(23)22(17(24)21-15)13-8-10-14(27-4)11-9-13/h8-11,15H,5-7,12H2,1-4H3,(H,20,25)(H,21,24)/t15-/m0/s1. The van der Waals surface area contributed by atoms with Crippen molar-refractivity contribution in [3.8, 4) is 0 Å². The molecule has 2 rings (SSSR count). The molecule has 1 fully saturated rings. The van der Waals surface area contributed by atoms with E-state index in [0.717, 1.165) is 4.90 Å². The van der Waals surface area contributed by atoms with Gasteiger partial charge in [0.2, 0.25) is 0 Å². The van der Waals surface area contributed by atoms with Crippen LogP contribution in [0.3, 0.4) is 0 Å². The average molecular weight is 394 g/mol. The van der Waals surface area contributed by atoms with Gasteiger partial charge in [-0.1, -0.05) is 0 Å². The van der Waals surface area contributed by atoms with Crippen LogP contribution in [0.4, 0.5) is 15.3 Å². The van der Waals surface area contributed by atoms with E-state index in [-0.39, 0.29) is 5.91 Å². The van der Waals surface area contributed by atoms with Gasteiger partial charge in [-0.15, -0.1) is 11.8 Å². The molecule has 1 heterocycles. The van der Waals surface area contributed by atoms with Crippen molar-refractivity contribution in [2.24, 2.45) is 0 Å². The monoisotopic (exact) mass is 393 g/mol. The number of hydrogen-bond donors (Lipinski definition) is 2. The van der Waals surface area contributed by atoms with Crippen molar-refractivity contribution in [3.05, 3.63) is 24.3 Å². The molecular formula is C19H27N3O4S. The van der Waals surface area contributed by atoms with Crippen molar-refractivity contribution in [3.63, 3.8) is 0 Å². The zero-order valence-corrected chi connectivity index (χ0v) is 17.0. The zero-order valence-electron chi connectivity index (χ0n) is 16.2. The topological polar surface area (TPSA) is 87.7 Å². The molecule has 1 aromatic rings. The average Bonchev–Trinajstić information content (AvgIpc) is 2.87. The van der Waals surface area contributed by atoms with E-state index in [4.69, 9.17) is 4.74 Å². The zero-order chi connectivity index (χ0) is 20.0. The molecule has 1 aromatic carbocycles. The van der Waals surface area contributed by atoms with Crippen LogP contribution in [0.25, 0.3) is 0 Å². The number of carbonyl (C=O) groups excluding carboxylic acids is 3. The minimum absolute atomic E-state index is 0.239. The van der Waals surface area contributed by atoms with Crippen molar-refractivity contribution < 1.29 is 19.1 Å². The van der Waals surface area contributed by atoms with E-state index in [2.05, 4.69) is 10.6 Å². The smallest absolute Gasteiger partial charge is 0.407 e. The van der Waals surface area contributed by atoms with Gasteiger partial charge in [0.25, 0.3) is 5.91 Å². The van der Waals surface area contributed by atoms with Gasteiger partial charge in [0.15, 0.2) is 0 Å². The molecule has 1 atom stereocenters. The third-order valence-corrected chi connectivity index (χ3v) is 4.68. The Balaban J connectivity index is 1.77. The largest absolute Gasteiger partial charge is 0.444 e. The number of amides is 4. The highest BCUT2D eigenvalue weighted by Crippen LogP contribution is 2.24. The summed E-state index contributed by atoms with van der Waals surface area (Å²) in [4.78, 5) is 38.5. The quantitative estimate of drug-likeness (QED) is 0.420. The van der Waals surface area contributed by atoms with Crippen molar-refractivity contribution in [1.82, 2.24) is 10.6 Å². The second kappa shape index (κ2) is 9.12. The highest BCUT2D eigenvalue weighted by molar-refractivity contribution is 7.98. The molecule has 27 heavy (non-hydrogen) atoms. The Kier molecular flexibility index (Phi) is 7.12. The number of rotatable bonds is 7. The number of nitrogens with zero attached hydrogens (tertiary/aromatic N) is 1. The van der Waals surface area contributed by atoms with Gasteiger partial charge in [-0.3, -0.25) is 4.79 Å². The highest BCUT2D eigenvalue weighted by Gasteiger charge is 2.38. The van der Waals surface area contributed by atoms with E-state index < -0.39 is 23.8 Å². The number of anilines is 1. The maximum Gasteiger partial charge on any atom is 0.407 e. The van der Waals surface area contributed by atoms with Crippen LogP contribution in [-0.2, 0) is 9.53 Å². The summed E-state index contributed by atoms with van der Waals surface area (Å²) in [6.45, 7) is 5.88. The minimum atomic E-state index is -0.528. The first-order valence-electron chi connectivity index (χ1n) is 8.96. The summed E-state index contributed by atoms with van der Waals surface area (Å²) in [6, 6.07) is 6.40. The number of unbranched alkanes of at least 4 members (excludes halogenated alkanes) is 1. The lowest BCUT2D eigenvalue weighted by Crippen LogP contribution is -2.33. The van der Waals surface area contributed by atoms with Gasteiger partial charge < -0.3 is 15.4 Å². The van der Waals surface area contributed by atoms with Gasteiger partial charge in [0.1, 0.15) is 11.6 Å². The van der Waals surface area contributed by atoms with Gasteiger partial charge >= 0.3 is 12.1 Å². The molecule has 0 unspecified atom stereocenters. The Morgan fingerprint density at radius 3 is 2.48 bits per heavy atom. The fourth-order valence-electron chi connectivity index (χ4n) is 2.68. The van der Waals surface area contributed by atoms with E-state index >= 15 is 0 Å². The highest BCUT2D eigenvalue weighted by atomic mass is 32.2. The van der Waals surface area contributed by atoms with E-state index in [1.165, 1.54) is 4.90 Å². The van der Waals surface area contributed by atoms with Crippen LogP contribution < -0.4 is 15.5 Å². The lowest BCUT2D eigenvalue weighted by Gasteiger charge is -2.19. The number of alkyl carbamates (subject to hydrolysis) is 1. The van der Waals surface area contributed by atoms with Gasteiger partial charge in [-0.25, -0.2) is 14.5 Å². The molecule has 0 radical (unpaired) electrons. The molecule has 0 bridgehead atoms. The molecule has 7 nitrogen and oxygen atoms in total. The third-order valence-electron chi connectivity index (χ3n) is 3.94. The third kappa shape index (κ3) is 6.16. The van der Waals surface area contributed by atoms with E-state index in [0.29, 0.717) is 31.5 Å². The van der Waals surface area contributed by atoms with E-state index in [1.807, 2.05) is 18.4 Å². The second-order valence-corrected chi connectivity index (χ2v) is 8.18. The van der Waals surface area contributed by atoms with Crippen LogP contribution in [0.1, 0.15) is 40.0 Å². The number of hydrogen-bond acceptors (Lipinski definition) is 5. The number of benzene rings is 1. The van der Waals surface area contributed by atoms with Crippen molar-refractivity contribution in [2.45, 2.75) is 56.6 Å². The molecule has 148 valence electrons. The van der Waals surface area contributed by atoms with Crippen molar-refractivity contribution in [1.29, 1.82) is 0 Å². The van der Waals surface area contributed by atoms with Crippen LogP contribution in [0.2, 0.25) is 0 Å². The Labute approximate surface area is 164 Å². The molecule has 0 saturated carbocycles. The first-order chi connectivity index (χ1) is 12.7. The summed E-state index contributed by atoms with van der Waals surface area (Å²) in [5, 5.41) is 5.42. The Hall–Kier alpha value is -2.22. The molecule has 2 N–H and O–H groups in total. The number of ether oxygens (including phenoxy) is 1. The summed E-state index contributed by atoms with van der Waals surface area (Å²) in [6.07, 6.45) is 3.44. The van der Waals surface area contributed by atoms with Crippen LogP contribution in [0.5, 0.6) is 0 Å². The Morgan fingerprint density at radius 1 is 1.22 bits per heavy atom. The van der Waals surface area contributed by atoms with Crippen molar-refractivity contribution in [2.75, 3.05) is 17.7 Å². The fraction of sp³-hybridized carbons (Fsp3) is 0.526. The van der Waals surface area contributed by atoms with Crippen molar-refractivity contribution >= 4 is 35.5 Å². The normalized spacial score (nSPS) is 17.0. The molecular weight excluding hydrogens is 366 g/mol. The minimum Gasteiger partial charge on any atom is -0.444 e. The molecule has 1 saturated heterocycles. The Bertz CT molecular complexity index is 685. The van der Waals surface area contributed by atoms with Crippen LogP contribution in [-0.4, -0.2) is 42.5 Å². The maximum absolute atomic E-state index is 12.5. The van der Waals surface area contributed by atoms with Crippen LogP contribution in [0.15, 0.2) is 29.2 Å². The van der Waals surface area contributed by atoms with E-state index in [9.17, 15) is 14.4 Å². The molecule has 0 spiro atoms. The Morgan fingerprint density at radius 2 is 1.89 bits per heavy atom. The predicted octanol–water partition coefficient (Wildman–Crippen LogP) is 3.53. The first kappa shape index (κ1) is 21.1. The second-order valence-electron chi connectivity index (χ2n) is 7.30. The number of thioether (sulfide) groups is 1. The maximum atomic E-state index is 12.5. The number of nitrogens with one attached hydrogen (secondary N) is 2. The predicted molar refractivity (Wildman–Crippen MR) is 106 cm³/mol. The number of urea groups is 1. The van der Waals surface area contributed by atoms with Gasteiger partial charge in [-0.05, 0) is 70.6 Å². The molecule has 1 aliphatic rings. The molecule has 4 amide bonds. The SMILES string of the molecule is CSc1ccc(N2C(=O)N[C@@H](CCCCNC(=O)OC(C)(C)C)C2=O)cc1. The van der Waals surface area contributed by atoms with Gasteiger partial charge in [0, 0.05) is 11.4 Å². The summed E-state index contributed by atoms with van der Waals surface area (Å²) < 4.78 is 5.16. The lowest BCUT2D eigenvalue weighted by molar-refractivity contribution is -0.118. The summed E-state index contributed by atoms with van der Waals surface area (Å²) in [7, 11) is 0. The van der Waals surface area contributed by atoms with Gasteiger partial charge in [0.05, 0.1) is 5.69 Å². The number of carbonyl (C=O) groups is 3. The fourth-order valence-corrected chi connectivity index (χ4v) is 3.09. The summed E-state index contributed by atoms with van der Waals surface area (Å²) in [5.41, 5.74) is 0.0478. The molecule has 0 aliphatic carbocycles. The van der Waals surface area contributed by atoms with Crippen LogP contribution >= 0.6 is 11.8 Å². The summed E-state index contributed by atoms with van der Waals surface area (Å²) >= 11 is 1.60. The number of imide groups is 1. The first-order valence-corrected chi connectivity index (χ1v) is 10.2. The van der Waals surface area contributed by atoms with E-state index in [1.54, 1.807) is 44.7 Å². The van der Waals surface area contributed by atoms with Crippen LogP contribution in [0, 0.1) is 0 Å².